The molecule has 1 aromatic heterocycles. The normalized spacial score (nSPS) is 11.0. The molecule has 4 aromatic rings. The van der Waals surface area contributed by atoms with Crippen molar-refractivity contribution in [1.82, 2.24) is 9.88 Å². The van der Waals surface area contributed by atoms with Gasteiger partial charge in [0.2, 0.25) is 0 Å². The number of nitrogens with one attached hydrogen (secondary N) is 1. The Bertz CT molecular complexity index is 1220. The molecule has 1 N–H and O–H groups in total. The van der Waals surface area contributed by atoms with E-state index >= 15 is 0 Å². The van der Waals surface area contributed by atoms with E-state index in [4.69, 9.17) is 9.47 Å². The molecule has 0 unspecified atom stereocenters. The zero-order valence-electron chi connectivity index (χ0n) is 19.9. The third-order valence-corrected chi connectivity index (χ3v) is 5.90. The van der Waals surface area contributed by atoms with Crippen LogP contribution in [0.1, 0.15) is 40.5 Å². The first kappa shape index (κ1) is 23.6. The van der Waals surface area contributed by atoms with Crippen molar-refractivity contribution in [3.05, 3.63) is 101 Å². The summed E-state index contributed by atoms with van der Waals surface area (Å²) >= 11 is 0. The second kappa shape index (κ2) is 11.5. The fourth-order valence-corrected chi connectivity index (χ4v) is 4.20. The zero-order chi connectivity index (χ0) is 23.8. The molecule has 0 amide bonds. The Labute approximate surface area is 201 Å². The lowest BCUT2D eigenvalue weighted by molar-refractivity contribution is 0.0527. The van der Waals surface area contributed by atoms with Crippen molar-refractivity contribution in [2.24, 2.45) is 0 Å². The highest BCUT2D eigenvalue weighted by Gasteiger charge is 2.21. The molecule has 5 heteroatoms. The second-order valence-electron chi connectivity index (χ2n) is 8.30. The van der Waals surface area contributed by atoms with Crippen LogP contribution < -0.4 is 10.1 Å². The van der Waals surface area contributed by atoms with E-state index in [1.807, 2.05) is 56.3 Å². The molecule has 0 saturated heterocycles. The number of aromatic nitrogens is 1. The Kier molecular flexibility index (Phi) is 7.99. The molecule has 176 valence electrons. The lowest BCUT2D eigenvalue weighted by atomic mass is 10.1. The van der Waals surface area contributed by atoms with Gasteiger partial charge in [-0.15, -0.1) is 0 Å². The number of esters is 1. The first-order chi connectivity index (χ1) is 16.7. The first-order valence-corrected chi connectivity index (χ1v) is 11.9. The Balaban J connectivity index is 1.46. The van der Waals surface area contributed by atoms with E-state index in [-0.39, 0.29) is 5.97 Å². The maximum absolute atomic E-state index is 12.8. The number of fused-ring (bicyclic) bond motifs is 1. The van der Waals surface area contributed by atoms with Crippen molar-refractivity contribution in [3.8, 4) is 5.75 Å². The first-order valence-electron chi connectivity index (χ1n) is 11.9. The van der Waals surface area contributed by atoms with Gasteiger partial charge >= 0.3 is 5.97 Å². The Morgan fingerprint density at radius 3 is 2.35 bits per heavy atom. The van der Waals surface area contributed by atoms with E-state index in [0.29, 0.717) is 25.3 Å². The average Bonchev–Trinajstić information content (AvgIpc) is 3.13. The van der Waals surface area contributed by atoms with Gasteiger partial charge in [-0.25, -0.2) is 4.79 Å². The highest BCUT2D eigenvalue weighted by molar-refractivity contribution is 6.06. The van der Waals surface area contributed by atoms with Gasteiger partial charge in [-0.1, -0.05) is 60.7 Å². The Morgan fingerprint density at radius 1 is 0.941 bits per heavy atom. The van der Waals surface area contributed by atoms with Crippen LogP contribution in [0.4, 0.5) is 0 Å². The van der Waals surface area contributed by atoms with Gasteiger partial charge in [0.1, 0.15) is 5.75 Å². The van der Waals surface area contributed by atoms with Crippen molar-refractivity contribution in [2.75, 3.05) is 19.8 Å². The number of nitrogens with zero attached hydrogens (tertiary/aromatic N) is 1. The van der Waals surface area contributed by atoms with Crippen LogP contribution in [0.25, 0.3) is 10.9 Å². The number of carbonyl (C=O) groups excluding carboxylic acids is 1. The lowest BCUT2D eigenvalue weighted by Crippen LogP contribution is -2.16. The smallest absolute Gasteiger partial charge is 0.340 e. The van der Waals surface area contributed by atoms with Crippen LogP contribution in [-0.4, -0.2) is 30.3 Å². The van der Waals surface area contributed by atoms with E-state index in [2.05, 4.69) is 46.3 Å². The van der Waals surface area contributed by atoms with Gasteiger partial charge in [0, 0.05) is 29.7 Å². The SMILES string of the molecule is CCOC(=O)c1c(C)n(Cc2ccccc2)c2ccc(OCCCNCc3ccccc3)cc12. The van der Waals surface area contributed by atoms with Gasteiger partial charge in [0.25, 0.3) is 0 Å². The van der Waals surface area contributed by atoms with Gasteiger partial charge in [-0.2, -0.15) is 0 Å². The summed E-state index contributed by atoms with van der Waals surface area (Å²) in [5.41, 5.74) is 4.97. The number of hydrogen-bond acceptors (Lipinski definition) is 4. The number of rotatable bonds is 11. The largest absolute Gasteiger partial charge is 0.494 e. The summed E-state index contributed by atoms with van der Waals surface area (Å²) in [4.78, 5) is 12.8. The van der Waals surface area contributed by atoms with Gasteiger partial charge in [0.15, 0.2) is 0 Å². The molecule has 0 fully saturated rings. The number of carbonyl (C=O) groups is 1. The summed E-state index contributed by atoms with van der Waals surface area (Å²) < 4.78 is 13.6. The van der Waals surface area contributed by atoms with Crippen molar-refractivity contribution < 1.29 is 14.3 Å². The van der Waals surface area contributed by atoms with Crippen LogP contribution in [0.15, 0.2) is 78.9 Å². The molecule has 5 nitrogen and oxygen atoms in total. The molecule has 4 rings (SSSR count). The molecular weight excluding hydrogens is 424 g/mol. The molecule has 0 saturated carbocycles. The predicted octanol–water partition coefficient (Wildman–Crippen LogP) is 5.73. The summed E-state index contributed by atoms with van der Waals surface area (Å²) in [6.45, 7) is 7.17. The molecule has 3 aromatic carbocycles. The number of hydrogen-bond donors (Lipinski definition) is 1. The topological polar surface area (TPSA) is 52.5 Å². The van der Waals surface area contributed by atoms with E-state index in [9.17, 15) is 4.79 Å². The maximum atomic E-state index is 12.8. The van der Waals surface area contributed by atoms with Crippen LogP contribution in [0, 0.1) is 6.92 Å². The van der Waals surface area contributed by atoms with Crippen LogP contribution in [0.2, 0.25) is 0 Å². The maximum Gasteiger partial charge on any atom is 0.340 e. The second-order valence-corrected chi connectivity index (χ2v) is 8.30. The highest BCUT2D eigenvalue weighted by Crippen LogP contribution is 2.31. The summed E-state index contributed by atoms with van der Waals surface area (Å²) in [5, 5.41) is 4.31. The molecule has 34 heavy (non-hydrogen) atoms. The fourth-order valence-electron chi connectivity index (χ4n) is 4.20. The standard InChI is InChI=1S/C29H32N2O3/c1-3-33-29(32)28-22(2)31(21-24-13-8-5-9-14-24)27-16-15-25(19-26(27)28)34-18-10-17-30-20-23-11-6-4-7-12-23/h4-9,11-16,19,30H,3,10,17-18,20-21H2,1-2H3. The van der Waals surface area contributed by atoms with Crippen LogP contribution >= 0.6 is 0 Å². The molecule has 1 heterocycles. The minimum absolute atomic E-state index is 0.293. The highest BCUT2D eigenvalue weighted by atomic mass is 16.5. The van der Waals surface area contributed by atoms with E-state index in [1.165, 1.54) is 11.1 Å². The van der Waals surface area contributed by atoms with Crippen molar-refractivity contribution >= 4 is 16.9 Å². The summed E-state index contributed by atoms with van der Waals surface area (Å²) in [7, 11) is 0. The molecule has 0 bridgehead atoms. The van der Waals surface area contributed by atoms with Crippen LogP contribution in [-0.2, 0) is 17.8 Å². The Morgan fingerprint density at radius 2 is 1.65 bits per heavy atom. The van der Waals surface area contributed by atoms with Crippen molar-refractivity contribution in [1.29, 1.82) is 0 Å². The predicted molar refractivity (Wildman–Crippen MR) is 136 cm³/mol. The van der Waals surface area contributed by atoms with E-state index in [1.54, 1.807) is 0 Å². The monoisotopic (exact) mass is 456 g/mol. The number of benzene rings is 3. The van der Waals surface area contributed by atoms with Crippen LogP contribution in [0.3, 0.4) is 0 Å². The summed E-state index contributed by atoms with van der Waals surface area (Å²) in [5.74, 6) is 0.469. The average molecular weight is 457 g/mol. The fraction of sp³-hybridized carbons (Fsp3) is 0.276. The molecular formula is C29H32N2O3. The molecule has 0 aliphatic carbocycles. The van der Waals surface area contributed by atoms with E-state index < -0.39 is 0 Å². The quantitative estimate of drug-likeness (QED) is 0.231. The van der Waals surface area contributed by atoms with Gasteiger partial charge in [-0.3, -0.25) is 0 Å². The van der Waals surface area contributed by atoms with Crippen molar-refractivity contribution in [2.45, 2.75) is 33.4 Å². The Hall–Kier alpha value is -3.57. The molecule has 0 aliphatic rings. The molecule has 0 spiro atoms. The summed E-state index contributed by atoms with van der Waals surface area (Å²) in [6, 6.07) is 26.6. The molecule has 0 aliphatic heterocycles. The lowest BCUT2D eigenvalue weighted by Gasteiger charge is -2.10. The van der Waals surface area contributed by atoms with Gasteiger partial charge < -0.3 is 19.4 Å². The minimum atomic E-state index is -0.293. The molecule has 0 radical (unpaired) electrons. The third-order valence-electron chi connectivity index (χ3n) is 5.90. The number of ether oxygens (including phenoxy) is 2. The van der Waals surface area contributed by atoms with Crippen LogP contribution in [0.5, 0.6) is 5.75 Å². The third kappa shape index (κ3) is 5.67. The minimum Gasteiger partial charge on any atom is -0.494 e. The van der Waals surface area contributed by atoms with E-state index in [0.717, 1.165) is 41.9 Å². The molecule has 0 atom stereocenters. The van der Waals surface area contributed by atoms with Crippen molar-refractivity contribution in [3.63, 3.8) is 0 Å². The van der Waals surface area contributed by atoms with Gasteiger partial charge in [-0.05, 0) is 56.1 Å². The summed E-state index contributed by atoms with van der Waals surface area (Å²) in [6.07, 6.45) is 0.893. The van der Waals surface area contributed by atoms with Gasteiger partial charge in [0.05, 0.1) is 18.8 Å². The zero-order valence-corrected chi connectivity index (χ0v) is 19.9.